The molecule has 0 unspecified atom stereocenters. The maximum atomic E-state index is 13.4. The molecule has 0 aliphatic carbocycles. The lowest BCUT2D eigenvalue weighted by Crippen LogP contribution is -2.10. The van der Waals surface area contributed by atoms with E-state index in [1.807, 2.05) is 0 Å². The van der Waals surface area contributed by atoms with Crippen LogP contribution in [0.5, 0.6) is 0 Å². The first-order valence-corrected chi connectivity index (χ1v) is 10.5. The average Bonchev–Trinajstić information content (AvgIpc) is 3.08. The fourth-order valence-corrected chi connectivity index (χ4v) is 5.11. The quantitative estimate of drug-likeness (QED) is 0.433. The van der Waals surface area contributed by atoms with Crippen molar-refractivity contribution in [3.8, 4) is 0 Å². The summed E-state index contributed by atoms with van der Waals surface area (Å²) >= 11 is 12.2. The largest absolute Gasteiger partial charge is 0.351 e. The Balaban J connectivity index is 2.04. The van der Waals surface area contributed by atoms with Crippen molar-refractivity contribution in [3.05, 3.63) is 94.1 Å². The minimum absolute atomic E-state index is 0.0470. The maximum Gasteiger partial charge on any atom is 0.212 e. The molecule has 0 aliphatic rings. The Morgan fingerprint density at radius 2 is 1.54 bits per heavy atom. The standard InChI is InChI=1S/C21H13Cl2NO3S/c22-13-10-11-16-18(12-13)24-19(20(25)15-8-4-5-9-17(15)23)21(16)28(26,27)14-6-2-1-3-7-14/h1-12,24H. The first-order chi connectivity index (χ1) is 13.4. The highest BCUT2D eigenvalue weighted by Gasteiger charge is 2.30. The number of carbonyl (C=O) groups is 1. The number of aromatic nitrogens is 1. The van der Waals surface area contributed by atoms with E-state index in [-0.39, 0.29) is 26.1 Å². The Kier molecular flexibility index (Phi) is 4.75. The van der Waals surface area contributed by atoms with Crippen molar-refractivity contribution in [1.29, 1.82) is 0 Å². The number of sulfone groups is 1. The number of hydrogen-bond donors (Lipinski definition) is 1. The Morgan fingerprint density at radius 1 is 0.857 bits per heavy atom. The Morgan fingerprint density at radius 3 is 2.25 bits per heavy atom. The van der Waals surface area contributed by atoms with Crippen LogP contribution in [0.1, 0.15) is 16.1 Å². The van der Waals surface area contributed by atoms with Crippen molar-refractivity contribution in [3.63, 3.8) is 0 Å². The highest BCUT2D eigenvalue weighted by molar-refractivity contribution is 7.91. The van der Waals surface area contributed by atoms with Gasteiger partial charge < -0.3 is 4.98 Å². The summed E-state index contributed by atoms with van der Waals surface area (Å²) in [7, 11) is -3.97. The molecule has 0 saturated heterocycles. The number of ketones is 1. The van der Waals surface area contributed by atoms with Gasteiger partial charge in [-0.1, -0.05) is 59.6 Å². The molecule has 3 aromatic carbocycles. The second-order valence-corrected chi connectivity index (χ2v) is 8.87. The normalized spacial score (nSPS) is 11.6. The lowest BCUT2D eigenvalue weighted by molar-refractivity contribution is 0.103. The van der Waals surface area contributed by atoms with E-state index >= 15 is 0 Å². The monoisotopic (exact) mass is 429 g/mol. The highest BCUT2D eigenvalue weighted by atomic mass is 35.5. The molecule has 0 amide bonds. The topological polar surface area (TPSA) is 67.0 Å². The van der Waals surface area contributed by atoms with Crippen LogP contribution >= 0.6 is 23.2 Å². The van der Waals surface area contributed by atoms with E-state index in [0.29, 0.717) is 15.9 Å². The first kappa shape index (κ1) is 18.7. The molecule has 0 radical (unpaired) electrons. The molecular formula is C21H13Cl2NO3S. The number of benzene rings is 3. The molecule has 1 N–H and O–H groups in total. The van der Waals surface area contributed by atoms with Gasteiger partial charge in [-0.25, -0.2) is 8.42 Å². The van der Waals surface area contributed by atoms with E-state index in [1.165, 1.54) is 12.1 Å². The summed E-state index contributed by atoms with van der Waals surface area (Å²) in [5, 5.41) is 1.06. The second-order valence-electron chi connectivity index (χ2n) is 6.14. The van der Waals surface area contributed by atoms with Crippen LogP contribution in [0.25, 0.3) is 10.9 Å². The van der Waals surface area contributed by atoms with Gasteiger partial charge in [0.25, 0.3) is 0 Å². The minimum atomic E-state index is -3.97. The van der Waals surface area contributed by atoms with Gasteiger partial charge in [0.15, 0.2) is 0 Å². The number of halogens is 2. The van der Waals surface area contributed by atoms with Crippen LogP contribution in [0.2, 0.25) is 10.0 Å². The third kappa shape index (κ3) is 3.11. The predicted molar refractivity (Wildman–Crippen MR) is 110 cm³/mol. The molecule has 0 bridgehead atoms. The van der Waals surface area contributed by atoms with Gasteiger partial charge in [0.1, 0.15) is 10.6 Å². The number of nitrogens with one attached hydrogen (secondary N) is 1. The summed E-state index contributed by atoms with van der Waals surface area (Å²) < 4.78 is 26.8. The SMILES string of the molecule is O=C(c1ccccc1Cl)c1[nH]c2cc(Cl)ccc2c1S(=O)(=O)c1ccccc1. The molecule has 7 heteroatoms. The van der Waals surface area contributed by atoms with E-state index in [4.69, 9.17) is 23.2 Å². The fraction of sp³-hybridized carbons (Fsp3) is 0. The van der Waals surface area contributed by atoms with E-state index < -0.39 is 15.6 Å². The van der Waals surface area contributed by atoms with Crippen LogP contribution in [0.4, 0.5) is 0 Å². The molecule has 28 heavy (non-hydrogen) atoms. The van der Waals surface area contributed by atoms with Crippen molar-refractivity contribution < 1.29 is 13.2 Å². The number of carbonyl (C=O) groups excluding carboxylic acids is 1. The van der Waals surface area contributed by atoms with Crippen LogP contribution in [0.15, 0.2) is 82.6 Å². The molecule has 0 fully saturated rings. The van der Waals surface area contributed by atoms with Gasteiger partial charge in [0.2, 0.25) is 15.6 Å². The van der Waals surface area contributed by atoms with E-state index in [0.717, 1.165) is 0 Å². The number of H-pyrrole nitrogens is 1. The summed E-state index contributed by atoms with van der Waals surface area (Å²) in [5.74, 6) is -0.507. The van der Waals surface area contributed by atoms with Crippen molar-refractivity contribution in [2.45, 2.75) is 9.79 Å². The zero-order valence-corrected chi connectivity index (χ0v) is 16.6. The highest BCUT2D eigenvalue weighted by Crippen LogP contribution is 2.35. The van der Waals surface area contributed by atoms with Gasteiger partial charge in [-0.2, -0.15) is 0 Å². The van der Waals surface area contributed by atoms with Gasteiger partial charge in [0, 0.05) is 21.5 Å². The van der Waals surface area contributed by atoms with Gasteiger partial charge in [-0.05, 0) is 36.4 Å². The average molecular weight is 430 g/mol. The third-order valence-corrected chi connectivity index (χ3v) is 6.80. The first-order valence-electron chi connectivity index (χ1n) is 8.30. The van der Waals surface area contributed by atoms with Gasteiger partial charge in [-0.3, -0.25) is 4.79 Å². The molecule has 0 saturated carbocycles. The van der Waals surface area contributed by atoms with Gasteiger partial charge in [0.05, 0.1) is 9.92 Å². The Labute approximate surface area is 171 Å². The van der Waals surface area contributed by atoms with Crippen LogP contribution in [0.3, 0.4) is 0 Å². The summed E-state index contributed by atoms with van der Waals surface area (Å²) in [6, 6.07) is 19.3. The summed E-state index contributed by atoms with van der Waals surface area (Å²) in [5.41, 5.74) is 0.623. The molecule has 140 valence electrons. The van der Waals surface area contributed by atoms with Crippen molar-refractivity contribution in [2.75, 3.05) is 0 Å². The van der Waals surface area contributed by atoms with Crippen LogP contribution < -0.4 is 0 Å². The molecular weight excluding hydrogens is 417 g/mol. The van der Waals surface area contributed by atoms with Crippen molar-refractivity contribution in [1.82, 2.24) is 4.98 Å². The van der Waals surface area contributed by atoms with Crippen LogP contribution in [-0.2, 0) is 9.84 Å². The third-order valence-electron chi connectivity index (χ3n) is 4.38. The van der Waals surface area contributed by atoms with Gasteiger partial charge >= 0.3 is 0 Å². The van der Waals surface area contributed by atoms with E-state index in [2.05, 4.69) is 4.98 Å². The second kappa shape index (κ2) is 7.09. The molecule has 4 rings (SSSR count). The summed E-state index contributed by atoms with van der Waals surface area (Å²) in [6.07, 6.45) is 0. The summed E-state index contributed by atoms with van der Waals surface area (Å²) in [4.78, 5) is 16.2. The van der Waals surface area contributed by atoms with E-state index in [1.54, 1.807) is 60.7 Å². The fourth-order valence-electron chi connectivity index (χ4n) is 3.08. The zero-order chi connectivity index (χ0) is 19.9. The lowest BCUT2D eigenvalue weighted by atomic mass is 10.1. The number of rotatable bonds is 4. The molecule has 0 spiro atoms. The van der Waals surface area contributed by atoms with Crippen molar-refractivity contribution in [2.24, 2.45) is 0 Å². The Hall–Kier alpha value is -2.60. The summed E-state index contributed by atoms with van der Waals surface area (Å²) in [6.45, 7) is 0. The van der Waals surface area contributed by atoms with Crippen LogP contribution in [-0.4, -0.2) is 19.2 Å². The van der Waals surface area contributed by atoms with Crippen LogP contribution in [0, 0.1) is 0 Å². The number of fused-ring (bicyclic) bond motifs is 1. The van der Waals surface area contributed by atoms with Gasteiger partial charge in [-0.15, -0.1) is 0 Å². The maximum absolute atomic E-state index is 13.4. The minimum Gasteiger partial charge on any atom is -0.351 e. The molecule has 4 aromatic rings. The van der Waals surface area contributed by atoms with Crippen molar-refractivity contribution >= 4 is 49.7 Å². The molecule has 1 heterocycles. The molecule has 1 aromatic heterocycles. The molecule has 0 aliphatic heterocycles. The molecule has 0 atom stereocenters. The molecule has 4 nitrogen and oxygen atoms in total. The number of aromatic amines is 1. The number of hydrogen-bond acceptors (Lipinski definition) is 3. The smallest absolute Gasteiger partial charge is 0.212 e. The zero-order valence-electron chi connectivity index (χ0n) is 14.3. The predicted octanol–water partition coefficient (Wildman–Crippen LogP) is 5.54. The van der Waals surface area contributed by atoms with E-state index in [9.17, 15) is 13.2 Å². The lowest BCUT2D eigenvalue weighted by Gasteiger charge is -2.08. The Bertz CT molecular complexity index is 1310.